The lowest BCUT2D eigenvalue weighted by Crippen LogP contribution is -2.27. The molecule has 4 aromatic rings. The van der Waals surface area contributed by atoms with Crippen LogP contribution >= 0.6 is 17.2 Å². The number of benzene rings is 3. The molecule has 4 heteroatoms. The van der Waals surface area contributed by atoms with Crippen molar-refractivity contribution in [2.75, 3.05) is 0 Å². The molecule has 0 aliphatic carbocycles. The van der Waals surface area contributed by atoms with Crippen LogP contribution in [0, 0.1) is 0 Å². The number of fused-ring (bicyclic) bond motifs is 1. The van der Waals surface area contributed by atoms with Gasteiger partial charge >= 0.3 is 0 Å². The van der Waals surface area contributed by atoms with E-state index in [4.69, 9.17) is 9.97 Å². The smallest absolute Gasteiger partial charge is 0.0912 e. The standard InChI is InChI=1S/C20H16N2P2/c1-3-9-15(10-4-1)23-19-20(24-16-11-5-2-6-12-16)22-18-14-8-7-13-17(18)21-19/h1-14,23-24H. The van der Waals surface area contributed by atoms with Gasteiger partial charge < -0.3 is 0 Å². The maximum absolute atomic E-state index is 4.92. The monoisotopic (exact) mass is 346 g/mol. The van der Waals surface area contributed by atoms with E-state index in [0.717, 1.165) is 21.9 Å². The summed E-state index contributed by atoms with van der Waals surface area (Å²) in [6, 6.07) is 29.2. The molecule has 0 N–H and O–H groups in total. The van der Waals surface area contributed by atoms with Gasteiger partial charge in [-0.05, 0) is 39.9 Å². The number of rotatable bonds is 4. The molecule has 0 aliphatic heterocycles. The van der Waals surface area contributed by atoms with Crippen LogP contribution in [-0.4, -0.2) is 9.97 Å². The highest BCUT2D eigenvalue weighted by molar-refractivity contribution is 7.61. The Hall–Kier alpha value is -2.14. The van der Waals surface area contributed by atoms with Gasteiger partial charge in [-0.2, -0.15) is 0 Å². The molecule has 4 rings (SSSR count). The Balaban J connectivity index is 1.78. The second-order valence-corrected chi connectivity index (χ2v) is 7.99. The van der Waals surface area contributed by atoms with Crippen LogP contribution in [0.4, 0.5) is 0 Å². The SMILES string of the molecule is c1ccc(Pc2nc3ccccc3nc2Pc2ccccc2)cc1. The molecule has 2 unspecified atom stereocenters. The summed E-state index contributed by atoms with van der Waals surface area (Å²) in [6.07, 6.45) is 0. The van der Waals surface area contributed by atoms with Crippen LogP contribution < -0.4 is 21.5 Å². The van der Waals surface area contributed by atoms with Crippen LogP contribution in [0.1, 0.15) is 0 Å². The van der Waals surface area contributed by atoms with Crippen LogP contribution in [0.5, 0.6) is 0 Å². The second-order valence-electron chi connectivity index (χ2n) is 5.39. The summed E-state index contributed by atoms with van der Waals surface area (Å²) in [5.74, 6) is 0. The molecule has 0 fully saturated rings. The lowest BCUT2D eigenvalue weighted by atomic mass is 10.3. The Morgan fingerprint density at radius 2 is 0.833 bits per heavy atom. The zero-order valence-corrected chi connectivity index (χ0v) is 15.0. The summed E-state index contributed by atoms with van der Waals surface area (Å²) in [7, 11) is 1.05. The van der Waals surface area contributed by atoms with Gasteiger partial charge in [0.05, 0.1) is 21.9 Å². The molecule has 24 heavy (non-hydrogen) atoms. The lowest BCUT2D eigenvalue weighted by Gasteiger charge is -2.10. The van der Waals surface area contributed by atoms with E-state index in [1.54, 1.807) is 0 Å². The van der Waals surface area contributed by atoms with Gasteiger partial charge in [-0.3, -0.25) is 0 Å². The Bertz CT molecular complexity index is 877. The van der Waals surface area contributed by atoms with E-state index in [1.165, 1.54) is 10.6 Å². The summed E-state index contributed by atoms with van der Waals surface area (Å²) < 4.78 is 0. The summed E-state index contributed by atoms with van der Waals surface area (Å²) in [5.41, 5.74) is 4.14. The Morgan fingerprint density at radius 3 is 1.25 bits per heavy atom. The third-order valence-electron chi connectivity index (χ3n) is 3.64. The largest absolute Gasteiger partial charge is 0.244 e. The molecular weight excluding hydrogens is 330 g/mol. The second kappa shape index (κ2) is 7.18. The summed E-state index contributed by atoms with van der Waals surface area (Å²) >= 11 is 0. The summed E-state index contributed by atoms with van der Waals surface area (Å²) in [5, 5.41) is 2.59. The minimum atomic E-state index is 0.524. The molecule has 1 heterocycles. The fourth-order valence-corrected chi connectivity index (χ4v) is 4.83. The van der Waals surface area contributed by atoms with E-state index in [2.05, 4.69) is 48.5 Å². The van der Waals surface area contributed by atoms with Gasteiger partial charge in [-0.25, -0.2) is 9.97 Å². The van der Waals surface area contributed by atoms with Crippen molar-refractivity contribution in [2.45, 2.75) is 0 Å². The highest BCUT2D eigenvalue weighted by Crippen LogP contribution is 2.16. The first-order chi connectivity index (χ1) is 11.9. The summed E-state index contributed by atoms with van der Waals surface area (Å²) in [4.78, 5) is 9.85. The third kappa shape index (κ3) is 3.51. The molecule has 0 radical (unpaired) electrons. The molecule has 0 aliphatic rings. The molecule has 0 bridgehead atoms. The zero-order valence-electron chi connectivity index (χ0n) is 13.0. The lowest BCUT2D eigenvalue weighted by molar-refractivity contribution is 1.39. The maximum atomic E-state index is 4.92. The van der Waals surface area contributed by atoms with E-state index in [1.807, 2.05) is 36.4 Å². The van der Waals surface area contributed by atoms with Crippen molar-refractivity contribution >= 4 is 49.7 Å². The highest BCUT2D eigenvalue weighted by atomic mass is 31.1. The summed E-state index contributed by atoms with van der Waals surface area (Å²) in [6.45, 7) is 0. The van der Waals surface area contributed by atoms with Gasteiger partial charge in [-0.1, -0.05) is 72.8 Å². The van der Waals surface area contributed by atoms with E-state index < -0.39 is 0 Å². The van der Waals surface area contributed by atoms with Crippen molar-refractivity contribution in [3.63, 3.8) is 0 Å². The molecule has 0 amide bonds. The van der Waals surface area contributed by atoms with Crippen molar-refractivity contribution in [2.24, 2.45) is 0 Å². The van der Waals surface area contributed by atoms with E-state index in [-0.39, 0.29) is 0 Å². The molecule has 0 spiro atoms. The number of nitrogens with zero attached hydrogens (tertiary/aromatic N) is 2. The van der Waals surface area contributed by atoms with Gasteiger partial charge in [0.2, 0.25) is 0 Å². The zero-order chi connectivity index (χ0) is 16.2. The predicted octanol–water partition coefficient (Wildman–Crippen LogP) is 2.89. The van der Waals surface area contributed by atoms with Crippen molar-refractivity contribution in [1.29, 1.82) is 0 Å². The number of hydrogen-bond donors (Lipinski definition) is 0. The van der Waals surface area contributed by atoms with Crippen molar-refractivity contribution in [3.05, 3.63) is 84.9 Å². The molecule has 3 aromatic carbocycles. The average molecular weight is 346 g/mol. The van der Waals surface area contributed by atoms with Crippen molar-refractivity contribution in [1.82, 2.24) is 9.97 Å². The Morgan fingerprint density at radius 1 is 0.458 bits per heavy atom. The average Bonchev–Trinajstić information content (AvgIpc) is 2.64. The van der Waals surface area contributed by atoms with Gasteiger partial charge in [0.25, 0.3) is 0 Å². The Kier molecular flexibility index (Phi) is 4.60. The van der Waals surface area contributed by atoms with Crippen LogP contribution in [0.2, 0.25) is 0 Å². The first-order valence-electron chi connectivity index (χ1n) is 7.79. The van der Waals surface area contributed by atoms with Gasteiger partial charge in [0.1, 0.15) is 0 Å². The fraction of sp³-hybridized carbons (Fsp3) is 0. The normalized spacial score (nSPS) is 11.8. The number of aromatic nitrogens is 2. The quantitative estimate of drug-likeness (QED) is 0.531. The maximum Gasteiger partial charge on any atom is 0.0912 e. The molecule has 2 atom stereocenters. The predicted molar refractivity (Wildman–Crippen MR) is 108 cm³/mol. The first kappa shape index (κ1) is 15.4. The minimum Gasteiger partial charge on any atom is -0.244 e. The molecule has 116 valence electrons. The Labute approximate surface area is 144 Å². The van der Waals surface area contributed by atoms with Crippen molar-refractivity contribution < 1.29 is 0 Å². The van der Waals surface area contributed by atoms with Crippen LogP contribution in [0.25, 0.3) is 11.0 Å². The molecule has 1 aromatic heterocycles. The molecule has 0 saturated heterocycles. The van der Waals surface area contributed by atoms with E-state index in [0.29, 0.717) is 17.2 Å². The first-order valence-corrected chi connectivity index (χ1v) is 9.79. The number of hydrogen-bond acceptors (Lipinski definition) is 2. The van der Waals surface area contributed by atoms with Gasteiger partial charge in [0, 0.05) is 0 Å². The van der Waals surface area contributed by atoms with E-state index >= 15 is 0 Å². The highest BCUT2D eigenvalue weighted by Gasteiger charge is 2.10. The van der Waals surface area contributed by atoms with Crippen LogP contribution in [0.15, 0.2) is 84.9 Å². The minimum absolute atomic E-state index is 0.524. The van der Waals surface area contributed by atoms with Gasteiger partial charge in [0.15, 0.2) is 0 Å². The third-order valence-corrected chi connectivity index (χ3v) is 6.31. The van der Waals surface area contributed by atoms with Crippen LogP contribution in [0.3, 0.4) is 0 Å². The van der Waals surface area contributed by atoms with Crippen LogP contribution in [-0.2, 0) is 0 Å². The number of para-hydroxylation sites is 2. The fourth-order valence-electron chi connectivity index (χ4n) is 2.49. The van der Waals surface area contributed by atoms with E-state index in [9.17, 15) is 0 Å². The molecule has 0 saturated carbocycles. The molecular formula is C20H16N2P2. The van der Waals surface area contributed by atoms with Gasteiger partial charge in [-0.15, -0.1) is 0 Å². The van der Waals surface area contributed by atoms with Crippen molar-refractivity contribution in [3.8, 4) is 0 Å². The molecule has 2 nitrogen and oxygen atoms in total. The topological polar surface area (TPSA) is 25.8 Å².